The van der Waals surface area contributed by atoms with Crippen LogP contribution in [-0.4, -0.2) is 137 Å². The highest BCUT2D eigenvalue weighted by Crippen LogP contribution is 2.20. The molecule has 0 spiro atoms. The molecule has 58 heavy (non-hydrogen) atoms. The van der Waals surface area contributed by atoms with Gasteiger partial charge in [-0.05, 0) is 56.7 Å². The first-order chi connectivity index (χ1) is 27.6. The summed E-state index contributed by atoms with van der Waals surface area (Å²) in [7, 11) is 0. The van der Waals surface area contributed by atoms with Crippen molar-refractivity contribution < 1.29 is 44.1 Å². The van der Waals surface area contributed by atoms with Gasteiger partial charge in [-0.3, -0.25) is 29.0 Å². The number of aromatic hydroxyl groups is 1. The monoisotopic (exact) mass is 809 g/mol. The van der Waals surface area contributed by atoms with E-state index in [1.807, 2.05) is 0 Å². The lowest BCUT2D eigenvalue weighted by Crippen LogP contribution is -2.61. The maximum atomic E-state index is 14.1. The van der Waals surface area contributed by atoms with E-state index in [1.165, 1.54) is 44.1 Å². The molecule has 5 amide bonds. The number of hydrogen-bond acceptors (Lipinski definition) is 12. The Bertz CT molecular complexity index is 1870. The van der Waals surface area contributed by atoms with E-state index < -0.39 is 77.9 Å². The third-order valence-corrected chi connectivity index (χ3v) is 9.40. The third-order valence-electron chi connectivity index (χ3n) is 9.40. The van der Waals surface area contributed by atoms with Gasteiger partial charge in [-0.25, -0.2) is 14.8 Å². The Hall–Kier alpha value is -6.55. The van der Waals surface area contributed by atoms with E-state index in [0.717, 1.165) is 4.90 Å². The molecule has 22 heteroatoms. The maximum absolute atomic E-state index is 14.1. The lowest BCUT2D eigenvalue weighted by molar-refractivity contribution is -0.150. The van der Waals surface area contributed by atoms with E-state index in [9.17, 15) is 44.1 Å². The quantitative estimate of drug-likeness (QED) is 0.0284. The van der Waals surface area contributed by atoms with Crippen molar-refractivity contribution in [3.05, 3.63) is 66.3 Å². The molecule has 0 bridgehead atoms. The summed E-state index contributed by atoms with van der Waals surface area (Å²) in [5, 5.41) is 40.2. The fourth-order valence-corrected chi connectivity index (χ4v) is 6.33. The van der Waals surface area contributed by atoms with E-state index in [1.54, 1.807) is 12.1 Å². The predicted octanol–water partition coefficient (Wildman–Crippen LogP) is -3.36. The molecule has 0 saturated carbocycles. The zero-order valence-electron chi connectivity index (χ0n) is 31.8. The van der Waals surface area contributed by atoms with Crippen molar-refractivity contribution >= 4 is 41.5 Å². The molecular formula is C36H51N13O9. The Kier molecular flexibility index (Phi) is 16.1. The molecule has 0 aliphatic carbocycles. The highest BCUT2D eigenvalue weighted by Gasteiger charge is 2.40. The molecule has 4 rings (SSSR count). The summed E-state index contributed by atoms with van der Waals surface area (Å²) in [6.45, 7) is 1.45. The van der Waals surface area contributed by atoms with Gasteiger partial charge in [-0.2, -0.15) is 0 Å². The number of imidazole rings is 2. The molecule has 1 fully saturated rings. The number of nitrogens with zero attached hydrogens (tertiary/aromatic N) is 4. The summed E-state index contributed by atoms with van der Waals surface area (Å²) in [6, 6.07) is -1.69. The Morgan fingerprint density at radius 2 is 1.41 bits per heavy atom. The number of aliphatic carboxylic acids is 1. The summed E-state index contributed by atoms with van der Waals surface area (Å²) in [6.07, 6.45) is 4.74. The average molecular weight is 810 g/mol. The van der Waals surface area contributed by atoms with E-state index in [4.69, 9.17) is 17.2 Å². The SMILES string of the molecule is C[C@@H](O)[C@H](NC(=O)[C@H](Cc1cnc[nH]1)NC(=O)[C@H](CCCN=C(N)N)NC(=O)[C@H](Cc1cnc[nH]1)NC(=O)[C@@H](N)Cc1ccc(O)cc1)C(=O)N1CCC[C@H]1C(=O)O. The van der Waals surface area contributed by atoms with Gasteiger partial charge >= 0.3 is 5.97 Å². The number of nitrogens with two attached hydrogens (primary N) is 3. The first kappa shape index (κ1) is 44.2. The summed E-state index contributed by atoms with van der Waals surface area (Å²) < 4.78 is 0. The minimum absolute atomic E-state index is 0.0375. The molecule has 15 N–H and O–H groups in total. The maximum Gasteiger partial charge on any atom is 0.326 e. The van der Waals surface area contributed by atoms with Crippen LogP contribution in [0.4, 0.5) is 0 Å². The van der Waals surface area contributed by atoms with Crippen molar-refractivity contribution in [1.29, 1.82) is 0 Å². The van der Waals surface area contributed by atoms with Crippen molar-refractivity contribution in [2.24, 2.45) is 22.2 Å². The number of hydrogen-bond donors (Lipinski definition) is 12. The van der Waals surface area contributed by atoms with Crippen LogP contribution in [0.25, 0.3) is 0 Å². The van der Waals surface area contributed by atoms with Gasteiger partial charge in [0.05, 0.1) is 24.8 Å². The summed E-state index contributed by atoms with van der Waals surface area (Å²) in [5.74, 6) is -5.38. The van der Waals surface area contributed by atoms with Crippen LogP contribution in [0.5, 0.6) is 5.75 Å². The van der Waals surface area contributed by atoms with E-state index >= 15 is 0 Å². The van der Waals surface area contributed by atoms with Gasteiger partial charge in [0.2, 0.25) is 29.5 Å². The number of rotatable bonds is 21. The highest BCUT2D eigenvalue weighted by atomic mass is 16.4. The largest absolute Gasteiger partial charge is 0.508 e. The molecule has 22 nitrogen and oxygen atoms in total. The van der Waals surface area contributed by atoms with Crippen LogP contribution in [0.2, 0.25) is 0 Å². The molecule has 1 saturated heterocycles. The molecular weight excluding hydrogens is 758 g/mol. The number of aromatic nitrogens is 4. The molecule has 0 unspecified atom stereocenters. The number of nitrogens with one attached hydrogen (secondary N) is 6. The van der Waals surface area contributed by atoms with Crippen LogP contribution in [0.1, 0.15) is 49.6 Å². The first-order valence-electron chi connectivity index (χ1n) is 18.6. The number of aliphatic hydroxyl groups excluding tert-OH is 1. The minimum Gasteiger partial charge on any atom is -0.508 e. The average Bonchev–Trinajstić information content (AvgIpc) is 3.99. The number of aliphatic hydroxyl groups is 1. The van der Waals surface area contributed by atoms with Crippen molar-refractivity contribution in [3.63, 3.8) is 0 Å². The number of H-pyrrole nitrogens is 2. The number of phenolic OH excluding ortho intramolecular Hbond substituents is 1. The van der Waals surface area contributed by atoms with Crippen molar-refractivity contribution in [1.82, 2.24) is 46.1 Å². The van der Waals surface area contributed by atoms with Crippen LogP contribution >= 0.6 is 0 Å². The Labute approximate surface area is 332 Å². The van der Waals surface area contributed by atoms with Gasteiger partial charge in [0.15, 0.2) is 5.96 Å². The number of likely N-dealkylation sites (tertiary alicyclic amines) is 1. The van der Waals surface area contributed by atoms with E-state index in [0.29, 0.717) is 23.4 Å². The summed E-state index contributed by atoms with van der Waals surface area (Å²) in [4.78, 5) is 99.2. The normalized spacial score (nSPS) is 16.8. The minimum atomic E-state index is -1.56. The number of carbonyl (C=O) groups is 6. The Morgan fingerprint density at radius 3 is 1.95 bits per heavy atom. The Morgan fingerprint density at radius 1 is 0.862 bits per heavy atom. The number of guanidine groups is 1. The van der Waals surface area contributed by atoms with Crippen molar-refractivity contribution in [3.8, 4) is 5.75 Å². The number of carboxylic acids is 1. The molecule has 314 valence electrons. The second kappa shape index (κ2) is 21.1. The number of aliphatic imine (C=N–C) groups is 1. The molecule has 3 heterocycles. The number of carbonyl (C=O) groups excluding carboxylic acids is 5. The van der Waals surface area contributed by atoms with Gasteiger partial charge in [-0.15, -0.1) is 0 Å². The van der Waals surface area contributed by atoms with Crippen LogP contribution < -0.4 is 38.5 Å². The second-order valence-electron chi connectivity index (χ2n) is 13.9. The molecule has 2 aromatic heterocycles. The van der Waals surface area contributed by atoms with Crippen molar-refractivity contribution in [2.45, 2.75) is 94.2 Å². The second-order valence-corrected chi connectivity index (χ2v) is 13.9. The molecule has 0 radical (unpaired) electrons. The van der Waals surface area contributed by atoms with Gasteiger partial charge in [-0.1, -0.05) is 12.1 Å². The molecule has 1 aliphatic rings. The molecule has 1 aromatic carbocycles. The summed E-state index contributed by atoms with van der Waals surface area (Å²) >= 11 is 0. The number of phenols is 1. The smallest absolute Gasteiger partial charge is 0.326 e. The van der Waals surface area contributed by atoms with Gasteiger partial charge < -0.3 is 68.7 Å². The fourth-order valence-electron chi connectivity index (χ4n) is 6.33. The van der Waals surface area contributed by atoms with E-state index in [2.05, 4.69) is 46.2 Å². The zero-order valence-corrected chi connectivity index (χ0v) is 31.8. The number of carboxylic acid groups (broad SMARTS) is 1. The molecule has 1 aliphatic heterocycles. The lowest BCUT2D eigenvalue weighted by Gasteiger charge is -2.30. The van der Waals surface area contributed by atoms with Crippen LogP contribution in [-0.2, 0) is 48.0 Å². The topological polar surface area (TPSA) is 362 Å². The number of benzene rings is 1. The van der Waals surface area contributed by atoms with Gasteiger partial charge in [0.1, 0.15) is 36.0 Å². The number of aromatic amines is 2. The zero-order chi connectivity index (χ0) is 42.4. The third kappa shape index (κ3) is 13.0. The van der Waals surface area contributed by atoms with Crippen LogP contribution in [0.3, 0.4) is 0 Å². The van der Waals surface area contributed by atoms with Gasteiger partial charge in [0.25, 0.3) is 0 Å². The predicted molar refractivity (Wildman–Crippen MR) is 206 cm³/mol. The van der Waals surface area contributed by atoms with Crippen LogP contribution in [0, 0.1) is 0 Å². The molecule has 3 aromatic rings. The standard InChI is InChI=1S/C36H51N13O9/c1-19(50)29(34(56)49-11-3-5-28(49)35(57)58)48-33(55)27(14-22-16-41-18-44-22)47-31(53)25(4-2-10-42-36(38)39)45-32(54)26(13-21-15-40-17-43-21)46-30(52)24(37)12-20-6-8-23(51)9-7-20/h6-9,15-19,24-29,50-51H,2-5,10-14,37H2,1H3,(H,40,43)(H,41,44)(H,45,54)(H,46,52)(H,47,53)(H,48,55)(H,57,58)(H4,38,39,42)/t19-,24+,25+,26+,27+,28+,29+/m1/s1. The van der Waals surface area contributed by atoms with E-state index in [-0.39, 0.29) is 63.3 Å². The number of amides is 5. The van der Waals surface area contributed by atoms with Crippen LogP contribution in [0.15, 0.2) is 54.3 Å². The van der Waals surface area contributed by atoms with Gasteiger partial charge in [0, 0.05) is 49.7 Å². The Balaban J connectivity index is 1.55. The lowest BCUT2D eigenvalue weighted by atomic mass is 10.0. The molecule has 7 atom stereocenters. The highest BCUT2D eigenvalue weighted by molar-refractivity contribution is 5.96. The summed E-state index contributed by atoms with van der Waals surface area (Å²) in [5.41, 5.74) is 18.7. The first-order valence-corrected chi connectivity index (χ1v) is 18.6. The van der Waals surface area contributed by atoms with Crippen molar-refractivity contribution in [2.75, 3.05) is 13.1 Å². The fraction of sp³-hybridized carbons (Fsp3) is 0.472.